The number of para-hydroxylation sites is 1. The number of rotatable bonds is 5. The monoisotopic (exact) mass is 404 g/mol. The molecule has 6 heteroatoms. The molecule has 1 saturated heterocycles. The van der Waals surface area contributed by atoms with E-state index in [1.807, 2.05) is 42.6 Å². The van der Waals surface area contributed by atoms with Gasteiger partial charge >= 0.3 is 0 Å². The maximum atomic E-state index is 13.4. The van der Waals surface area contributed by atoms with Crippen molar-refractivity contribution in [2.75, 3.05) is 4.90 Å². The van der Waals surface area contributed by atoms with Gasteiger partial charge in [-0.1, -0.05) is 42.0 Å². The molecule has 5 nitrogen and oxygen atoms in total. The topological polar surface area (TPSA) is 57.7 Å². The van der Waals surface area contributed by atoms with Gasteiger partial charge in [-0.25, -0.2) is 4.90 Å². The molecule has 0 radical (unpaired) electrons. The number of hydrogen-bond donors (Lipinski definition) is 0. The average molecular weight is 404 g/mol. The lowest BCUT2D eigenvalue weighted by Crippen LogP contribution is -2.45. The van der Waals surface area contributed by atoms with Crippen molar-refractivity contribution in [3.63, 3.8) is 0 Å². The minimum atomic E-state index is -0.821. The summed E-state index contributed by atoms with van der Waals surface area (Å²) < 4.78 is 0. The highest BCUT2D eigenvalue weighted by Crippen LogP contribution is 2.28. The summed E-state index contributed by atoms with van der Waals surface area (Å²) in [5.74, 6) is -0.902. The van der Waals surface area contributed by atoms with Gasteiger partial charge in [-0.3, -0.25) is 14.4 Å². The quantitative estimate of drug-likeness (QED) is 0.603. The van der Waals surface area contributed by atoms with Gasteiger partial charge in [-0.15, -0.1) is 11.3 Å². The summed E-state index contributed by atoms with van der Waals surface area (Å²) in [6.07, 6.45) is -0.0172. The molecule has 3 aromatic rings. The van der Waals surface area contributed by atoms with Crippen LogP contribution in [0.5, 0.6) is 0 Å². The number of hydrogen-bond acceptors (Lipinski definition) is 4. The Morgan fingerprint density at radius 1 is 1.07 bits per heavy atom. The van der Waals surface area contributed by atoms with E-state index in [9.17, 15) is 14.4 Å². The highest BCUT2D eigenvalue weighted by atomic mass is 32.1. The summed E-state index contributed by atoms with van der Waals surface area (Å²) in [4.78, 5) is 42.9. The minimum Gasteiger partial charge on any atom is -0.321 e. The van der Waals surface area contributed by atoms with Gasteiger partial charge in [0.25, 0.3) is 11.8 Å². The number of benzene rings is 2. The molecule has 2 aromatic carbocycles. The summed E-state index contributed by atoms with van der Waals surface area (Å²) in [7, 11) is 0. The molecular formula is C23H20N2O3S. The standard InChI is InChI=1S/C23H20N2O3S/c1-16-7-5-8-17(13-16)22(27)24(15-19-11-6-12-29-19)20-14-21(26)25(23(20)28)18-9-3-2-4-10-18/h2-13,20H,14-15H2,1H3. The molecule has 3 amide bonds. The van der Waals surface area contributed by atoms with Crippen molar-refractivity contribution >= 4 is 34.7 Å². The number of carbonyl (C=O) groups is 3. The van der Waals surface area contributed by atoms with Gasteiger partial charge in [0.15, 0.2) is 0 Å². The van der Waals surface area contributed by atoms with Crippen LogP contribution in [0.1, 0.15) is 27.2 Å². The van der Waals surface area contributed by atoms with Gasteiger partial charge in [-0.05, 0) is 42.6 Å². The van der Waals surface area contributed by atoms with Gasteiger partial charge in [-0.2, -0.15) is 0 Å². The van der Waals surface area contributed by atoms with Crippen LogP contribution in [-0.2, 0) is 16.1 Å². The van der Waals surface area contributed by atoms with E-state index in [0.717, 1.165) is 10.4 Å². The molecule has 1 aromatic heterocycles. The van der Waals surface area contributed by atoms with Crippen LogP contribution < -0.4 is 4.90 Å². The average Bonchev–Trinajstić information content (AvgIpc) is 3.34. The Labute approximate surface area is 173 Å². The maximum Gasteiger partial charge on any atom is 0.257 e. The molecule has 0 bridgehead atoms. The van der Waals surface area contributed by atoms with Gasteiger partial charge in [0.1, 0.15) is 6.04 Å². The van der Waals surface area contributed by atoms with Crippen molar-refractivity contribution in [1.29, 1.82) is 0 Å². The molecule has 1 unspecified atom stereocenters. The number of imide groups is 1. The second kappa shape index (κ2) is 8.01. The van der Waals surface area contributed by atoms with Crippen molar-refractivity contribution in [3.05, 3.63) is 88.1 Å². The molecule has 0 saturated carbocycles. The Balaban J connectivity index is 1.68. The SMILES string of the molecule is Cc1cccc(C(=O)N(Cc2cccs2)C2CC(=O)N(c3ccccc3)C2=O)c1. The molecule has 1 aliphatic rings. The molecule has 1 aliphatic heterocycles. The van der Waals surface area contributed by atoms with E-state index in [-0.39, 0.29) is 30.7 Å². The van der Waals surface area contributed by atoms with Crippen LogP contribution in [-0.4, -0.2) is 28.7 Å². The van der Waals surface area contributed by atoms with Crippen LogP contribution in [0.3, 0.4) is 0 Å². The summed E-state index contributed by atoms with van der Waals surface area (Å²) >= 11 is 1.52. The van der Waals surface area contributed by atoms with Crippen molar-refractivity contribution < 1.29 is 14.4 Å². The Morgan fingerprint density at radius 2 is 1.86 bits per heavy atom. The molecule has 2 heterocycles. The third-order valence-electron chi connectivity index (χ3n) is 4.95. The van der Waals surface area contributed by atoms with Crippen LogP contribution in [0, 0.1) is 6.92 Å². The largest absolute Gasteiger partial charge is 0.321 e. The van der Waals surface area contributed by atoms with Crippen LogP contribution in [0.2, 0.25) is 0 Å². The van der Waals surface area contributed by atoms with Crippen molar-refractivity contribution in [2.24, 2.45) is 0 Å². The van der Waals surface area contributed by atoms with Gasteiger partial charge in [0.05, 0.1) is 18.7 Å². The van der Waals surface area contributed by atoms with Crippen molar-refractivity contribution in [2.45, 2.75) is 25.9 Å². The number of amides is 3. The van der Waals surface area contributed by atoms with E-state index >= 15 is 0 Å². The summed E-state index contributed by atoms with van der Waals surface area (Å²) in [5, 5.41) is 1.93. The first-order valence-corrected chi connectivity index (χ1v) is 10.2. The fraction of sp³-hybridized carbons (Fsp3) is 0.174. The van der Waals surface area contributed by atoms with Gasteiger partial charge in [0, 0.05) is 10.4 Å². The molecule has 0 aliphatic carbocycles. The highest BCUT2D eigenvalue weighted by molar-refractivity contribution is 7.09. The van der Waals surface area contributed by atoms with Crippen LogP contribution >= 0.6 is 11.3 Å². The first-order chi connectivity index (χ1) is 14.0. The first-order valence-electron chi connectivity index (χ1n) is 9.36. The third kappa shape index (κ3) is 3.84. The lowest BCUT2D eigenvalue weighted by atomic mass is 10.1. The van der Waals surface area contributed by atoms with Crippen LogP contribution in [0.15, 0.2) is 72.1 Å². The van der Waals surface area contributed by atoms with E-state index in [2.05, 4.69) is 0 Å². The minimum absolute atomic E-state index is 0.0172. The predicted octanol–water partition coefficient (Wildman–Crippen LogP) is 4.03. The van der Waals surface area contributed by atoms with E-state index in [0.29, 0.717) is 11.3 Å². The Morgan fingerprint density at radius 3 is 2.55 bits per heavy atom. The molecule has 4 rings (SSSR count). The molecule has 1 fully saturated rings. The molecule has 0 N–H and O–H groups in total. The number of carbonyl (C=O) groups excluding carboxylic acids is 3. The van der Waals surface area contributed by atoms with E-state index in [1.165, 1.54) is 21.1 Å². The van der Waals surface area contributed by atoms with E-state index in [1.54, 1.807) is 36.4 Å². The third-order valence-corrected chi connectivity index (χ3v) is 5.81. The second-order valence-electron chi connectivity index (χ2n) is 7.00. The number of aryl methyl sites for hydroxylation is 1. The summed E-state index contributed by atoms with van der Waals surface area (Å²) in [5.41, 5.74) is 2.01. The van der Waals surface area contributed by atoms with Crippen LogP contribution in [0.4, 0.5) is 5.69 Å². The van der Waals surface area contributed by atoms with Gasteiger partial charge < -0.3 is 4.90 Å². The molecule has 29 heavy (non-hydrogen) atoms. The lowest BCUT2D eigenvalue weighted by Gasteiger charge is -2.27. The Kier molecular flexibility index (Phi) is 5.27. The zero-order valence-corrected chi connectivity index (χ0v) is 16.8. The maximum absolute atomic E-state index is 13.4. The highest BCUT2D eigenvalue weighted by Gasteiger charge is 2.44. The smallest absolute Gasteiger partial charge is 0.257 e. The lowest BCUT2D eigenvalue weighted by molar-refractivity contribution is -0.122. The number of nitrogens with zero attached hydrogens (tertiary/aromatic N) is 2. The zero-order valence-electron chi connectivity index (χ0n) is 15.9. The zero-order chi connectivity index (χ0) is 20.4. The number of anilines is 1. The fourth-order valence-electron chi connectivity index (χ4n) is 3.55. The molecule has 1 atom stereocenters. The van der Waals surface area contributed by atoms with Gasteiger partial charge in [0.2, 0.25) is 5.91 Å². The molecule has 146 valence electrons. The fourth-order valence-corrected chi connectivity index (χ4v) is 4.25. The summed E-state index contributed by atoms with van der Waals surface area (Å²) in [6.45, 7) is 2.21. The Bertz CT molecular complexity index is 1050. The predicted molar refractivity (Wildman–Crippen MR) is 113 cm³/mol. The van der Waals surface area contributed by atoms with Crippen molar-refractivity contribution in [3.8, 4) is 0 Å². The number of thiophene rings is 1. The molecule has 0 spiro atoms. The normalized spacial score (nSPS) is 16.3. The first kappa shape index (κ1) is 19.1. The summed E-state index contributed by atoms with van der Waals surface area (Å²) in [6, 6.07) is 19.2. The Hall–Kier alpha value is -3.25. The van der Waals surface area contributed by atoms with E-state index < -0.39 is 6.04 Å². The second-order valence-corrected chi connectivity index (χ2v) is 8.04. The van der Waals surface area contributed by atoms with E-state index in [4.69, 9.17) is 0 Å². The van der Waals surface area contributed by atoms with Crippen LogP contribution in [0.25, 0.3) is 0 Å². The molecular weight excluding hydrogens is 384 g/mol. The van der Waals surface area contributed by atoms with Crippen molar-refractivity contribution in [1.82, 2.24) is 4.90 Å².